The van der Waals surface area contributed by atoms with Crippen LogP contribution in [0.2, 0.25) is 0 Å². The number of benzene rings is 1. The van der Waals surface area contributed by atoms with Crippen molar-refractivity contribution in [2.24, 2.45) is 5.41 Å². The fourth-order valence-electron chi connectivity index (χ4n) is 2.28. The number of hydrogen-bond acceptors (Lipinski definition) is 2. The van der Waals surface area contributed by atoms with E-state index in [0.717, 1.165) is 17.3 Å². The average molecular weight is 328 g/mol. The van der Waals surface area contributed by atoms with Crippen LogP contribution in [-0.2, 0) is 0 Å². The van der Waals surface area contributed by atoms with E-state index in [1.165, 1.54) is 5.56 Å². The molecule has 2 N–H and O–H groups in total. The summed E-state index contributed by atoms with van der Waals surface area (Å²) in [5.74, 6) is 0. The van der Waals surface area contributed by atoms with E-state index in [9.17, 15) is 5.11 Å². The average Bonchev–Trinajstić information content (AvgIpc) is 2.34. The summed E-state index contributed by atoms with van der Waals surface area (Å²) in [5, 5.41) is 13.0. The number of nitrogens with one attached hydrogen (secondary N) is 1. The molecule has 2 unspecified atom stereocenters. The van der Waals surface area contributed by atoms with E-state index >= 15 is 0 Å². The molecule has 0 aliphatic heterocycles. The van der Waals surface area contributed by atoms with Crippen LogP contribution in [-0.4, -0.2) is 17.8 Å². The summed E-state index contributed by atoms with van der Waals surface area (Å²) in [5.41, 5.74) is 1.45. The van der Waals surface area contributed by atoms with Crippen LogP contribution < -0.4 is 5.32 Å². The Hall–Kier alpha value is -0.380. The highest BCUT2D eigenvalue weighted by molar-refractivity contribution is 9.10. The van der Waals surface area contributed by atoms with Crippen LogP contribution in [0.5, 0.6) is 0 Å². The summed E-state index contributed by atoms with van der Waals surface area (Å²) in [6.07, 6.45) is 1.83. The predicted molar refractivity (Wildman–Crippen MR) is 85.3 cm³/mol. The largest absolute Gasteiger partial charge is 0.396 e. The van der Waals surface area contributed by atoms with E-state index in [1.807, 2.05) is 0 Å². The molecular formula is C16H26BrNO. The number of halogens is 1. The van der Waals surface area contributed by atoms with Gasteiger partial charge in [0.05, 0.1) is 0 Å². The van der Waals surface area contributed by atoms with Gasteiger partial charge in [0.15, 0.2) is 0 Å². The Morgan fingerprint density at radius 1 is 1.21 bits per heavy atom. The van der Waals surface area contributed by atoms with Gasteiger partial charge in [-0.05, 0) is 36.0 Å². The molecule has 0 heterocycles. The molecule has 2 nitrogen and oxygen atoms in total. The fourth-order valence-corrected chi connectivity index (χ4v) is 2.55. The lowest BCUT2D eigenvalue weighted by atomic mass is 9.84. The van der Waals surface area contributed by atoms with E-state index in [2.05, 4.69) is 73.2 Å². The van der Waals surface area contributed by atoms with Crippen molar-refractivity contribution in [1.82, 2.24) is 5.32 Å². The van der Waals surface area contributed by atoms with Crippen molar-refractivity contribution in [3.63, 3.8) is 0 Å². The van der Waals surface area contributed by atoms with Gasteiger partial charge in [-0.3, -0.25) is 0 Å². The SMILES string of the molecule is CCC(NC(CCO)C(C)(C)C)c1ccc(Br)cc1. The third-order valence-electron chi connectivity index (χ3n) is 3.55. The van der Waals surface area contributed by atoms with Crippen LogP contribution in [0.1, 0.15) is 52.1 Å². The van der Waals surface area contributed by atoms with Crippen molar-refractivity contribution in [3.05, 3.63) is 34.3 Å². The van der Waals surface area contributed by atoms with Gasteiger partial charge in [0.1, 0.15) is 0 Å². The molecule has 0 radical (unpaired) electrons. The van der Waals surface area contributed by atoms with Gasteiger partial charge in [-0.25, -0.2) is 0 Å². The molecule has 0 spiro atoms. The Balaban J connectivity index is 2.82. The number of aliphatic hydroxyl groups is 1. The molecule has 0 bridgehead atoms. The summed E-state index contributed by atoms with van der Waals surface area (Å²) >= 11 is 3.47. The molecule has 1 rings (SSSR count). The lowest BCUT2D eigenvalue weighted by molar-refractivity contribution is 0.184. The van der Waals surface area contributed by atoms with Gasteiger partial charge in [0.2, 0.25) is 0 Å². The molecule has 19 heavy (non-hydrogen) atoms. The first kappa shape index (κ1) is 16.7. The standard InChI is InChI=1S/C16H26BrNO/c1-5-14(12-6-8-13(17)9-7-12)18-15(10-11-19)16(2,3)4/h6-9,14-15,18-19H,5,10-11H2,1-4H3. The zero-order valence-corrected chi connectivity index (χ0v) is 14.0. The molecule has 0 saturated carbocycles. The summed E-state index contributed by atoms with van der Waals surface area (Å²) in [6.45, 7) is 9.07. The van der Waals surface area contributed by atoms with E-state index in [0.29, 0.717) is 12.1 Å². The van der Waals surface area contributed by atoms with Crippen LogP contribution in [0.15, 0.2) is 28.7 Å². The highest BCUT2D eigenvalue weighted by Crippen LogP contribution is 2.27. The second kappa shape index (κ2) is 7.41. The van der Waals surface area contributed by atoms with E-state index < -0.39 is 0 Å². The highest BCUT2D eigenvalue weighted by Gasteiger charge is 2.26. The van der Waals surface area contributed by atoms with E-state index in [1.54, 1.807) is 0 Å². The number of hydrogen-bond donors (Lipinski definition) is 2. The van der Waals surface area contributed by atoms with Crippen molar-refractivity contribution in [3.8, 4) is 0 Å². The van der Waals surface area contributed by atoms with Crippen molar-refractivity contribution < 1.29 is 5.11 Å². The van der Waals surface area contributed by atoms with Crippen LogP contribution >= 0.6 is 15.9 Å². The zero-order valence-electron chi connectivity index (χ0n) is 12.4. The Morgan fingerprint density at radius 2 is 1.79 bits per heavy atom. The van der Waals surface area contributed by atoms with Crippen LogP contribution in [0.25, 0.3) is 0 Å². The van der Waals surface area contributed by atoms with Gasteiger partial charge in [0, 0.05) is 23.2 Å². The summed E-state index contributed by atoms with van der Waals surface area (Å²) in [7, 11) is 0. The summed E-state index contributed by atoms with van der Waals surface area (Å²) in [6, 6.07) is 9.12. The van der Waals surface area contributed by atoms with Gasteiger partial charge >= 0.3 is 0 Å². The Bertz CT molecular complexity index is 369. The van der Waals surface area contributed by atoms with Crippen molar-refractivity contribution in [2.75, 3.05) is 6.61 Å². The first-order valence-electron chi connectivity index (χ1n) is 7.00. The minimum atomic E-state index is 0.144. The Morgan fingerprint density at radius 3 is 2.21 bits per heavy atom. The summed E-state index contributed by atoms with van der Waals surface area (Å²) in [4.78, 5) is 0. The van der Waals surface area contributed by atoms with Crippen LogP contribution in [0.4, 0.5) is 0 Å². The molecule has 0 amide bonds. The molecule has 3 heteroatoms. The molecule has 0 aliphatic rings. The normalized spacial score (nSPS) is 15.3. The van der Waals surface area contributed by atoms with Crippen molar-refractivity contribution >= 4 is 15.9 Å². The van der Waals surface area contributed by atoms with E-state index in [-0.39, 0.29) is 12.0 Å². The van der Waals surface area contributed by atoms with Crippen LogP contribution in [0.3, 0.4) is 0 Å². The second-order valence-corrected chi connectivity index (χ2v) is 7.03. The fraction of sp³-hybridized carbons (Fsp3) is 0.625. The van der Waals surface area contributed by atoms with Crippen molar-refractivity contribution in [2.45, 2.75) is 52.6 Å². The molecule has 0 saturated heterocycles. The number of aliphatic hydroxyl groups excluding tert-OH is 1. The molecular weight excluding hydrogens is 302 g/mol. The Labute approximate surface area is 125 Å². The molecule has 108 valence electrons. The van der Waals surface area contributed by atoms with Crippen LogP contribution in [0, 0.1) is 5.41 Å². The lowest BCUT2D eigenvalue weighted by Crippen LogP contribution is -2.42. The first-order valence-corrected chi connectivity index (χ1v) is 7.80. The third-order valence-corrected chi connectivity index (χ3v) is 4.07. The predicted octanol–water partition coefficient (Wildman–Crippen LogP) is 4.29. The lowest BCUT2D eigenvalue weighted by Gasteiger charge is -2.35. The van der Waals surface area contributed by atoms with Gasteiger partial charge in [-0.1, -0.05) is 55.8 Å². The zero-order chi connectivity index (χ0) is 14.5. The van der Waals surface area contributed by atoms with Gasteiger partial charge in [-0.2, -0.15) is 0 Å². The summed E-state index contributed by atoms with van der Waals surface area (Å²) < 4.78 is 1.11. The molecule has 2 atom stereocenters. The van der Waals surface area contributed by atoms with Gasteiger partial charge in [-0.15, -0.1) is 0 Å². The van der Waals surface area contributed by atoms with Crippen molar-refractivity contribution in [1.29, 1.82) is 0 Å². The molecule has 0 fully saturated rings. The molecule has 0 aliphatic carbocycles. The van der Waals surface area contributed by atoms with Gasteiger partial charge in [0.25, 0.3) is 0 Å². The minimum absolute atomic E-state index is 0.144. The van der Waals surface area contributed by atoms with Gasteiger partial charge < -0.3 is 10.4 Å². The maximum absolute atomic E-state index is 9.25. The molecule has 1 aromatic rings. The number of rotatable bonds is 6. The maximum Gasteiger partial charge on any atom is 0.0446 e. The minimum Gasteiger partial charge on any atom is -0.396 e. The smallest absolute Gasteiger partial charge is 0.0446 e. The molecule has 1 aromatic carbocycles. The molecule has 0 aromatic heterocycles. The monoisotopic (exact) mass is 327 g/mol. The quantitative estimate of drug-likeness (QED) is 0.817. The topological polar surface area (TPSA) is 32.3 Å². The maximum atomic E-state index is 9.25. The Kier molecular flexibility index (Phi) is 6.51. The first-order chi connectivity index (χ1) is 8.88. The highest BCUT2D eigenvalue weighted by atomic mass is 79.9. The van der Waals surface area contributed by atoms with E-state index in [4.69, 9.17) is 0 Å². The second-order valence-electron chi connectivity index (χ2n) is 6.11. The third kappa shape index (κ3) is 5.25.